The fourth-order valence-electron chi connectivity index (χ4n) is 1.51. The largest absolute Gasteiger partial charge is 0.488 e. The molecule has 0 amide bonds. The van der Waals surface area contributed by atoms with Crippen molar-refractivity contribution in [3.05, 3.63) is 65.2 Å². The predicted molar refractivity (Wildman–Crippen MR) is 62.5 cm³/mol. The number of halogens is 2. The number of hydrogen-bond acceptors (Lipinski definition) is 2. The van der Waals surface area contributed by atoms with Crippen molar-refractivity contribution in [3.63, 3.8) is 0 Å². The van der Waals surface area contributed by atoms with Crippen LogP contribution in [0.25, 0.3) is 0 Å². The second kappa shape index (κ2) is 5.40. The fourth-order valence-corrected chi connectivity index (χ4v) is 1.51. The third kappa shape index (κ3) is 2.71. The second-order valence-corrected chi connectivity index (χ2v) is 3.68. The van der Waals surface area contributed by atoms with Crippen LogP contribution in [0.1, 0.15) is 15.9 Å². The maximum atomic E-state index is 13.3. The van der Waals surface area contributed by atoms with Crippen LogP contribution in [0.2, 0.25) is 0 Å². The molecule has 0 bridgehead atoms. The van der Waals surface area contributed by atoms with Gasteiger partial charge in [-0.15, -0.1) is 0 Å². The van der Waals surface area contributed by atoms with Gasteiger partial charge >= 0.3 is 0 Å². The van der Waals surface area contributed by atoms with Gasteiger partial charge in [0.25, 0.3) is 0 Å². The summed E-state index contributed by atoms with van der Waals surface area (Å²) in [5.74, 6) is -0.669. The zero-order chi connectivity index (χ0) is 13.0. The normalized spacial score (nSPS) is 10.1. The van der Waals surface area contributed by atoms with E-state index in [4.69, 9.17) is 4.74 Å². The first-order valence-corrected chi connectivity index (χ1v) is 5.31. The molecule has 18 heavy (non-hydrogen) atoms. The summed E-state index contributed by atoms with van der Waals surface area (Å²) in [7, 11) is 0. The molecule has 0 aliphatic heterocycles. The average Bonchev–Trinajstić information content (AvgIpc) is 2.39. The first-order chi connectivity index (χ1) is 8.70. The molecule has 0 unspecified atom stereocenters. The molecule has 0 atom stereocenters. The predicted octanol–water partition coefficient (Wildman–Crippen LogP) is 3.36. The Morgan fingerprint density at radius 1 is 1.11 bits per heavy atom. The molecular formula is C14H10F2O2. The molecule has 2 nitrogen and oxygen atoms in total. The summed E-state index contributed by atoms with van der Waals surface area (Å²) in [6, 6.07) is 9.78. The van der Waals surface area contributed by atoms with Gasteiger partial charge in [-0.1, -0.05) is 18.2 Å². The Labute approximate surface area is 103 Å². The molecular weight excluding hydrogens is 238 g/mol. The molecule has 0 aromatic heterocycles. The number of carbonyl (C=O) groups is 1. The highest BCUT2D eigenvalue weighted by Crippen LogP contribution is 2.19. The van der Waals surface area contributed by atoms with Crippen LogP contribution >= 0.6 is 0 Å². The van der Waals surface area contributed by atoms with Crippen molar-refractivity contribution in [3.8, 4) is 5.75 Å². The van der Waals surface area contributed by atoms with Gasteiger partial charge in [0.2, 0.25) is 0 Å². The van der Waals surface area contributed by atoms with Gasteiger partial charge in [0.05, 0.1) is 5.56 Å². The molecule has 0 aliphatic rings. The average molecular weight is 248 g/mol. The molecule has 0 N–H and O–H groups in total. The Hall–Kier alpha value is -2.23. The molecule has 2 aromatic carbocycles. The monoisotopic (exact) mass is 248 g/mol. The first kappa shape index (κ1) is 12.2. The van der Waals surface area contributed by atoms with Crippen molar-refractivity contribution in [2.75, 3.05) is 0 Å². The van der Waals surface area contributed by atoms with Crippen molar-refractivity contribution < 1.29 is 18.3 Å². The Morgan fingerprint density at radius 3 is 2.61 bits per heavy atom. The Kier molecular flexibility index (Phi) is 3.67. The van der Waals surface area contributed by atoms with E-state index in [2.05, 4.69) is 0 Å². The van der Waals surface area contributed by atoms with Gasteiger partial charge in [-0.25, -0.2) is 8.78 Å². The van der Waals surface area contributed by atoms with Crippen molar-refractivity contribution >= 4 is 6.29 Å². The van der Waals surface area contributed by atoms with Gasteiger partial charge < -0.3 is 4.74 Å². The van der Waals surface area contributed by atoms with Crippen LogP contribution in [0.4, 0.5) is 8.78 Å². The summed E-state index contributed by atoms with van der Waals surface area (Å²) in [5, 5.41) is 0. The van der Waals surface area contributed by atoms with E-state index in [0.717, 1.165) is 6.07 Å². The summed E-state index contributed by atoms with van der Waals surface area (Å²) in [6.07, 6.45) is 0.500. The van der Waals surface area contributed by atoms with E-state index in [-0.39, 0.29) is 23.7 Å². The van der Waals surface area contributed by atoms with Crippen LogP contribution in [-0.2, 0) is 6.61 Å². The van der Waals surface area contributed by atoms with Crippen molar-refractivity contribution in [1.82, 2.24) is 0 Å². The van der Waals surface area contributed by atoms with Crippen LogP contribution in [0.5, 0.6) is 5.75 Å². The highest BCUT2D eigenvalue weighted by molar-refractivity contribution is 5.79. The minimum absolute atomic E-state index is 0.0147. The highest BCUT2D eigenvalue weighted by atomic mass is 19.1. The minimum Gasteiger partial charge on any atom is -0.488 e. The second-order valence-electron chi connectivity index (χ2n) is 3.68. The molecule has 0 aliphatic carbocycles. The zero-order valence-electron chi connectivity index (χ0n) is 9.40. The van der Waals surface area contributed by atoms with Crippen molar-refractivity contribution in [1.29, 1.82) is 0 Å². The molecule has 2 aromatic rings. The van der Waals surface area contributed by atoms with Crippen LogP contribution in [0, 0.1) is 11.6 Å². The van der Waals surface area contributed by atoms with E-state index in [9.17, 15) is 13.6 Å². The van der Waals surface area contributed by atoms with E-state index in [0.29, 0.717) is 11.8 Å². The lowest BCUT2D eigenvalue weighted by atomic mass is 10.2. The quantitative estimate of drug-likeness (QED) is 0.775. The summed E-state index contributed by atoms with van der Waals surface area (Å²) in [6.45, 7) is -0.0147. The van der Waals surface area contributed by atoms with Crippen molar-refractivity contribution in [2.24, 2.45) is 0 Å². The number of carbonyl (C=O) groups excluding carboxylic acids is 1. The fraction of sp³-hybridized carbons (Fsp3) is 0.0714. The molecule has 0 fully saturated rings. The van der Waals surface area contributed by atoms with Gasteiger partial charge in [0, 0.05) is 5.56 Å². The number of benzene rings is 2. The number of rotatable bonds is 4. The molecule has 2 rings (SSSR count). The standard InChI is InChI=1S/C14H10F2O2/c15-12-5-6-14(11(7-12)8-17)18-9-10-3-1-2-4-13(10)16/h1-8H,9H2. The van der Waals surface area contributed by atoms with E-state index in [1.807, 2.05) is 0 Å². The molecule has 0 spiro atoms. The molecule has 0 saturated heterocycles. The number of ether oxygens (including phenoxy) is 1. The van der Waals surface area contributed by atoms with E-state index < -0.39 is 5.82 Å². The number of hydrogen-bond donors (Lipinski definition) is 0. The molecule has 92 valence electrons. The Balaban J connectivity index is 2.16. The van der Waals surface area contributed by atoms with E-state index in [1.54, 1.807) is 18.2 Å². The van der Waals surface area contributed by atoms with Crippen LogP contribution in [0.15, 0.2) is 42.5 Å². The summed E-state index contributed by atoms with van der Waals surface area (Å²) >= 11 is 0. The van der Waals surface area contributed by atoms with Crippen molar-refractivity contribution in [2.45, 2.75) is 6.61 Å². The lowest BCUT2D eigenvalue weighted by Gasteiger charge is -2.09. The smallest absolute Gasteiger partial charge is 0.153 e. The van der Waals surface area contributed by atoms with E-state index >= 15 is 0 Å². The lowest BCUT2D eigenvalue weighted by molar-refractivity contribution is 0.111. The highest BCUT2D eigenvalue weighted by Gasteiger charge is 2.06. The van der Waals surface area contributed by atoms with Gasteiger partial charge in [-0.3, -0.25) is 4.79 Å². The molecule has 0 radical (unpaired) electrons. The van der Waals surface area contributed by atoms with Gasteiger partial charge in [-0.2, -0.15) is 0 Å². The third-order valence-electron chi connectivity index (χ3n) is 2.44. The Morgan fingerprint density at radius 2 is 1.89 bits per heavy atom. The van der Waals surface area contributed by atoms with E-state index in [1.165, 1.54) is 18.2 Å². The summed E-state index contributed by atoms with van der Waals surface area (Å²) < 4.78 is 31.5. The summed E-state index contributed by atoms with van der Waals surface area (Å²) in [4.78, 5) is 10.7. The van der Waals surface area contributed by atoms with Crippen LogP contribution in [0.3, 0.4) is 0 Å². The SMILES string of the molecule is O=Cc1cc(F)ccc1OCc1ccccc1F. The van der Waals surface area contributed by atoms with Crippen LogP contribution in [-0.4, -0.2) is 6.29 Å². The summed E-state index contributed by atoms with van der Waals surface area (Å²) in [5.41, 5.74) is 0.477. The zero-order valence-corrected chi connectivity index (χ0v) is 9.40. The molecule has 0 heterocycles. The maximum Gasteiger partial charge on any atom is 0.153 e. The Bertz CT molecular complexity index is 567. The lowest BCUT2D eigenvalue weighted by Crippen LogP contribution is -2.00. The maximum absolute atomic E-state index is 13.3. The van der Waals surface area contributed by atoms with Gasteiger partial charge in [0.1, 0.15) is 24.0 Å². The topological polar surface area (TPSA) is 26.3 Å². The van der Waals surface area contributed by atoms with Crippen LogP contribution < -0.4 is 4.74 Å². The van der Waals surface area contributed by atoms with Gasteiger partial charge in [-0.05, 0) is 24.3 Å². The van der Waals surface area contributed by atoms with Gasteiger partial charge in [0.15, 0.2) is 6.29 Å². The third-order valence-corrected chi connectivity index (χ3v) is 2.44. The minimum atomic E-state index is -0.518. The molecule has 0 saturated carbocycles. The number of aldehydes is 1. The first-order valence-electron chi connectivity index (χ1n) is 5.31. The molecule has 4 heteroatoms.